The van der Waals surface area contributed by atoms with Crippen molar-refractivity contribution in [1.82, 2.24) is 0 Å². The molecule has 0 spiro atoms. The maximum atomic E-state index is 4.19. The van der Waals surface area contributed by atoms with Gasteiger partial charge >= 0.3 is 0 Å². The van der Waals surface area contributed by atoms with Crippen molar-refractivity contribution in [2.75, 3.05) is 0 Å². The lowest BCUT2D eigenvalue weighted by Crippen LogP contribution is -2.28. The van der Waals surface area contributed by atoms with Crippen LogP contribution in [0.2, 0.25) is 0 Å². The molecule has 1 fully saturated rings. The number of rotatable bonds is 0. The van der Waals surface area contributed by atoms with Crippen LogP contribution in [0.4, 0.5) is 0 Å². The van der Waals surface area contributed by atoms with Crippen LogP contribution in [0.25, 0.3) is 0 Å². The van der Waals surface area contributed by atoms with Gasteiger partial charge in [-0.3, -0.25) is 0 Å². The van der Waals surface area contributed by atoms with E-state index >= 15 is 0 Å². The minimum Gasteiger partial charge on any atom is -0.340 e. The van der Waals surface area contributed by atoms with Gasteiger partial charge in [-0.2, -0.15) is 11.8 Å². The van der Waals surface area contributed by atoms with Crippen molar-refractivity contribution in [3.05, 3.63) is 13.3 Å². The van der Waals surface area contributed by atoms with Crippen LogP contribution < -0.4 is 0 Å². The second-order valence-corrected chi connectivity index (χ2v) is 4.85. The molecule has 10 heavy (non-hydrogen) atoms. The Labute approximate surface area is 65.0 Å². The van der Waals surface area contributed by atoms with Crippen molar-refractivity contribution in [2.45, 2.75) is 40.0 Å². The van der Waals surface area contributed by atoms with E-state index in [2.05, 4.69) is 34.1 Å². The van der Waals surface area contributed by atoms with Crippen LogP contribution in [0.15, 0.2) is 0 Å². The van der Waals surface area contributed by atoms with Gasteiger partial charge in [-0.1, -0.05) is 32.6 Å². The molecule has 0 nitrogen and oxygen atoms in total. The standard InChI is InChI=1S/C10H18/c1-9(2)6-5-7-10(3,4)8-9/h5H,1,6-8H2,2-4H3/q-2. The lowest BCUT2D eigenvalue weighted by Gasteiger charge is -2.51. The van der Waals surface area contributed by atoms with Gasteiger partial charge < -0.3 is 13.3 Å². The molecule has 1 aliphatic carbocycles. The summed E-state index contributed by atoms with van der Waals surface area (Å²) in [6, 6.07) is 0. The van der Waals surface area contributed by atoms with Crippen LogP contribution in [0.1, 0.15) is 40.0 Å². The van der Waals surface area contributed by atoms with Gasteiger partial charge in [-0.15, -0.1) is 0 Å². The van der Waals surface area contributed by atoms with Crippen LogP contribution >= 0.6 is 0 Å². The second kappa shape index (κ2) is 2.25. The molecule has 1 aliphatic rings. The summed E-state index contributed by atoms with van der Waals surface area (Å²) in [6.45, 7) is 11.1. The predicted octanol–water partition coefficient (Wildman–Crippen LogP) is 3.24. The summed E-state index contributed by atoms with van der Waals surface area (Å²) in [5.74, 6) is 0. The molecule has 1 rings (SSSR count). The quantitative estimate of drug-likeness (QED) is 0.451. The molecule has 0 radical (unpaired) electrons. The van der Waals surface area contributed by atoms with Crippen molar-refractivity contribution in [3.8, 4) is 0 Å². The average molecular weight is 138 g/mol. The molecule has 1 saturated carbocycles. The average Bonchev–Trinajstić information content (AvgIpc) is 1.56. The Morgan fingerprint density at radius 2 is 1.80 bits per heavy atom. The van der Waals surface area contributed by atoms with Crippen LogP contribution in [0.5, 0.6) is 0 Å². The summed E-state index contributed by atoms with van der Waals surface area (Å²) < 4.78 is 0. The molecule has 0 amide bonds. The van der Waals surface area contributed by atoms with Crippen molar-refractivity contribution >= 4 is 0 Å². The van der Waals surface area contributed by atoms with Gasteiger partial charge in [0.15, 0.2) is 0 Å². The molecule has 0 aromatic rings. The maximum Gasteiger partial charge on any atom is -0.0624 e. The maximum absolute atomic E-state index is 4.19. The first-order chi connectivity index (χ1) is 4.41. The minimum atomic E-state index is 0.307. The van der Waals surface area contributed by atoms with E-state index in [1.807, 2.05) is 0 Å². The normalized spacial score (nSPS) is 39.6. The SMILES string of the molecule is [CH2-]C1(C)C[CH-]CC(C)(C)C1. The van der Waals surface area contributed by atoms with Crippen molar-refractivity contribution in [2.24, 2.45) is 10.8 Å². The fraction of sp³-hybridized carbons (Fsp3) is 0.800. The van der Waals surface area contributed by atoms with Crippen LogP contribution in [-0.2, 0) is 0 Å². The second-order valence-electron chi connectivity index (χ2n) is 4.85. The molecule has 0 aromatic carbocycles. The van der Waals surface area contributed by atoms with Crippen LogP contribution in [-0.4, -0.2) is 0 Å². The molecule has 0 N–H and O–H groups in total. The van der Waals surface area contributed by atoms with Crippen molar-refractivity contribution in [1.29, 1.82) is 0 Å². The third kappa shape index (κ3) is 2.00. The van der Waals surface area contributed by atoms with E-state index in [0.717, 1.165) is 0 Å². The first-order valence-electron chi connectivity index (χ1n) is 4.08. The Morgan fingerprint density at radius 1 is 1.20 bits per heavy atom. The van der Waals surface area contributed by atoms with Gasteiger partial charge in [0, 0.05) is 0 Å². The third-order valence-corrected chi connectivity index (χ3v) is 2.24. The van der Waals surface area contributed by atoms with Crippen molar-refractivity contribution in [3.63, 3.8) is 0 Å². The van der Waals surface area contributed by atoms with Gasteiger partial charge in [0.25, 0.3) is 0 Å². The fourth-order valence-electron chi connectivity index (χ4n) is 2.11. The highest BCUT2D eigenvalue weighted by molar-refractivity contribution is 4.95. The fourth-order valence-corrected chi connectivity index (χ4v) is 2.11. The molecule has 60 valence electrons. The summed E-state index contributed by atoms with van der Waals surface area (Å²) in [5, 5.41) is 0. The zero-order chi connectivity index (χ0) is 7.83. The van der Waals surface area contributed by atoms with Crippen LogP contribution in [0.3, 0.4) is 0 Å². The molecule has 0 aliphatic heterocycles. The van der Waals surface area contributed by atoms with Gasteiger partial charge in [-0.05, 0) is 0 Å². The molecule has 0 aromatic heterocycles. The van der Waals surface area contributed by atoms with E-state index in [1.165, 1.54) is 19.3 Å². The van der Waals surface area contributed by atoms with Gasteiger partial charge in [0.05, 0.1) is 0 Å². The topological polar surface area (TPSA) is 0 Å². The number of hydrogen-bond acceptors (Lipinski definition) is 0. The summed E-state index contributed by atoms with van der Waals surface area (Å²) in [7, 11) is 0. The third-order valence-electron chi connectivity index (χ3n) is 2.24. The first-order valence-corrected chi connectivity index (χ1v) is 4.08. The first kappa shape index (κ1) is 8.10. The van der Waals surface area contributed by atoms with E-state index < -0.39 is 0 Å². The molecule has 1 unspecified atom stereocenters. The van der Waals surface area contributed by atoms with E-state index in [4.69, 9.17) is 0 Å². The molecule has 0 heteroatoms. The molecular formula is C10H18-2. The zero-order valence-corrected chi connectivity index (χ0v) is 7.41. The monoisotopic (exact) mass is 138 g/mol. The summed E-state index contributed by atoms with van der Waals surface area (Å²) in [4.78, 5) is 0. The Kier molecular flexibility index (Phi) is 1.82. The van der Waals surface area contributed by atoms with Crippen LogP contribution in [0, 0.1) is 24.2 Å². The summed E-state index contributed by atoms with van der Waals surface area (Å²) in [6.07, 6.45) is 6.10. The predicted molar refractivity (Wildman–Crippen MR) is 45.4 cm³/mol. The van der Waals surface area contributed by atoms with E-state index in [-0.39, 0.29) is 0 Å². The lowest BCUT2D eigenvalue weighted by molar-refractivity contribution is 0.173. The minimum absolute atomic E-state index is 0.307. The molecule has 0 heterocycles. The Bertz CT molecular complexity index is 106. The summed E-state index contributed by atoms with van der Waals surface area (Å²) in [5.41, 5.74) is 0.802. The van der Waals surface area contributed by atoms with E-state index in [0.29, 0.717) is 10.8 Å². The largest absolute Gasteiger partial charge is 0.340 e. The number of hydrogen-bond donors (Lipinski definition) is 0. The molecule has 0 saturated heterocycles. The zero-order valence-electron chi connectivity index (χ0n) is 7.41. The van der Waals surface area contributed by atoms with E-state index in [1.54, 1.807) is 0 Å². The lowest BCUT2D eigenvalue weighted by atomic mass is 9.65. The summed E-state index contributed by atoms with van der Waals surface area (Å²) >= 11 is 0. The Balaban J connectivity index is 2.56. The smallest absolute Gasteiger partial charge is 0.0624 e. The highest BCUT2D eigenvalue weighted by Gasteiger charge is 2.23. The van der Waals surface area contributed by atoms with Crippen molar-refractivity contribution < 1.29 is 0 Å². The highest BCUT2D eigenvalue weighted by atomic mass is 14.4. The van der Waals surface area contributed by atoms with Gasteiger partial charge in [0.1, 0.15) is 0 Å². The molecule has 1 atom stereocenters. The Morgan fingerprint density at radius 3 is 2.10 bits per heavy atom. The molecular weight excluding hydrogens is 120 g/mol. The Hall–Kier alpha value is 0. The van der Waals surface area contributed by atoms with Gasteiger partial charge in [-0.25, -0.2) is 6.42 Å². The van der Waals surface area contributed by atoms with Gasteiger partial charge in [0.2, 0.25) is 0 Å². The highest BCUT2D eigenvalue weighted by Crippen LogP contribution is 2.44. The molecule has 0 bridgehead atoms. The van der Waals surface area contributed by atoms with E-state index in [9.17, 15) is 0 Å².